The Morgan fingerprint density at radius 1 is 0.574 bits per heavy atom. The van der Waals surface area contributed by atoms with Crippen molar-refractivity contribution >= 4 is 56.5 Å². The summed E-state index contributed by atoms with van der Waals surface area (Å²) in [6, 6.07) is 22.8. The van der Waals surface area contributed by atoms with Gasteiger partial charge >= 0.3 is 0 Å². The summed E-state index contributed by atoms with van der Waals surface area (Å²) in [5.74, 6) is -0.877. The van der Waals surface area contributed by atoms with Gasteiger partial charge in [0.2, 0.25) is 23.6 Å². The maximum Gasteiger partial charge on any atom is 0.224 e. The fraction of sp³-hybridized carbons (Fsp3) is 0.455. The number of unbranched alkanes of at least 4 members (excludes halogenated alkanes) is 3. The number of benzene rings is 4. The first kappa shape index (κ1) is 38.9. The fourth-order valence-corrected chi connectivity index (χ4v) is 8.93. The highest BCUT2D eigenvalue weighted by atomic mass is 16.3. The molecule has 4 aromatic rings. The molecule has 4 aromatic carbocycles. The lowest BCUT2D eigenvalue weighted by Crippen LogP contribution is -2.31. The minimum atomic E-state index is -0.362. The number of anilines is 2. The van der Waals surface area contributed by atoms with E-state index >= 15 is 0 Å². The molecule has 6 rings (SSSR count). The molecule has 0 saturated carbocycles. The summed E-state index contributed by atoms with van der Waals surface area (Å²) >= 11 is 0. The third kappa shape index (κ3) is 8.00. The third-order valence-electron chi connectivity index (χ3n) is 11.5. The van der Waals surface area contributed by atoms with E-state index in [1.54, 1.807) is 0 Å². The van der Waals surface area contributed by atoms with E-state index in [9.17, 15) is 29.4 Å². The van der Waals surface area contributed by atoms with Gasteiger partial charge in [-0.1, -0.05) is 101 Å². The minimum Gasteiger partial charge on any atom is -0.394 e. The summed E-state index contributed by atoms with van der Waals surface area (Å²) in [4.78, 5) is 51.7. The number of aliphatic hydroxyl groups excluding tert-OH is 2. The molecule has 2 saturated heterocycles. The first-order valence-electron chi connectivity index (χ1n) is 19.5. The molecule has 10 heteroatoms. The number of rotatable bonds is 15. The topological polar surface area (TPSA) is 157 Å². The summed E-state index contributed by atoms with van der Waals surface area (Å²) < 4.78 is 0. The van der Waals surface area contributed by atoms with Crippen LogP contribution in [0, 0.1) is 23.7 Å². The molecule has 0 unspecified atom stereocenters. The monoisotopic (exact) mass is 734 g/mol. The van der Waals surface area contributed by atoms with Gasteiger partial charge in [0.15, 0.2) is 0 Å². The zero-order chi connectivity index (χ0) is 38.5. The lowest BCUT2D eigenvalue weighted by atomic mass is 9.77. The molecular formula is C44H54N4O6. The van der Waals surface area contributed by atoms with E-state index in [1.807, 2.05) is 100 Å². The number of hydrogen-bond acceptors (Lipinski definition) is 6. The predicted octanol–water partition coefficient (Wildman–Crippen LogP) is 6.60. The molecule has 6 atom stereocenters. The van der Waals surface area contributed by atoms with E-state index in [1.165, 1.54) is 0 Å². The van der Waals surface area contributed by atoms with Crippen LogP contribution in [0.1, 0.15) is 89.2 Å². The second-order valence-corrected chi connectivity index (χ2v) is 15.7. The molecule has 0 bridgehead atoms. The van der Waals surface area contributed by atoms with Crippen molar-refractivity contribution in [3.05, 3.63) is 83.9 Å². The molecule has 0 aromatic heterocycles. The Morgan fingerprint density at radius 2 is 0.944 bits per heavy atom. The van der Waals surface area contributed by atoms with Gasteiger partial charge in [-0.3, -0.25) is 19.2 Å². The maximum atomic E-state index is 13.0. The zero-order valence-corrected chi connectivity index (χ0v) is 31.7. The van der Waals surface area contributed by atoms with Crippen molar-refractivity contribution in [2.75, 3.05) is 23.8 Å². The molecule has 0 spiro atoms. The lowest BCUT2D eigenvalue weighted by Gasteiger charge is -2.26. The van der Waals surface area contributed by atoms with Gasteiger partial charge in [-0.05, 0) is 58.7 Å². The first-order chi connectivity index (χ1) is 26.0. The Morgan fingerprint density at radius 3 is 1.30 bits per heavy atom. The minimum absolute atomic E-state index is 0.0367. The van der Waals surface area contributed by atoms with Gasteiger partial charge in [0, 0.05) is 58.7 Å². The average Bonchev–Trinajstić information content (AvgIpc) is 3.68. The first-order valence-corrected chi connectivity index (χ1v) is 19.5. The van der Waals surface area contributed by atoms with E-state index < -0.39 is 0 Å². The van der Waals surface area contributed by atoms with Gasteiger partial charge in [0.25, 0.3) is 0 Å². The fourth-order valence-electron chi connectivity index (χ4n) is 8.93. The van der Waals surface area contributed by atoms with Gasteiger partial charge < -0.3 is 31.5 Å². The van der Waals surface area contributed by atoms with Gasteiger partial charge in [0.05, 0.1) is 25.3 Å². The predicted molar refractivity (Wildman–Crippen MR) is 213 cm³/mol. The molecule has 6 N–H and O–H groups in total. The Bertz CT molecular complexity index is 1870. The van der Waals surface area contributed by atoms with Crippen LogP contribution in [0.2, 0.25) is 0 Å². The molecule has 4 amide bonds. The van der Waals surface area contributed by atoms with Crippen LogP contribution in [0.4, 0.5) is 11.4 Å². The highest BCUT2D eigenvalue weighted by Crippen LogP contribution is 2.43. The largest absolute Gasteiger partial charge is 0.394 e. The van der Waals surface area contributed by atoms with E-state index in [2.05, 4.69) is 21.3 Å². The van der Waals surface area contributed by atoms with Crippen LogP contribution >= 0.6 is 0 Å². The molecule has 0 radical (unpaired) electrons. The number of aliphatic hydroxyl groups is 2. The van der Waals surface area contributed by atoms with Crippen molar-refractivity contribution in [1.29, 1.82) is 0 Å². The number of fused-ring (bicyclic) bond motifs is 2. The molecule has 2 fully saturated rings. The van der Waals surface area contributed by atoms with Gasteiger partial charge in [-0.2, -0.15) is 0 Å². The van der Waals surface area contributed by atoms with Crippen molar-refractivity contribution in [1.82, 2.24) is 10.6 Å². The number of carbonyl (C=O) groups excluding carboxylic acids is 4. The van der Waals surface area contributed by atoms with Crippen LogP contribution in [-0.2, 0) is 19.2 Å². The van der Waals surface area contributed by atoms with E-state index in [-0.39, 0.29) is 84.4 Å². The van der Waals surface area contributed by atoms with Gasteiger partial charge in [0.1, 0.15) is 0 Å². The summed E-state index contributed by atoms with van der Waals surface area (Å²) in [5, 5.41) is 36.0. The van der Waals surface area contributed by atoms with Crippen LogP contribution in [0.25, 0.3) is 21.5 Å². The van der Waals surface area contributed by atoms with Crippen molar-refractivity contribution in [3.8, 4) is 0 Å². The van der Waals surface area contributed by atoms with Crippen LogP contribution in [0.5, 0.6) is 0 Å². The molecule has 2 aliphatic heterocycles. The quantitative estimate of drug-likeness (QED) is 0.0756. The molecule has 54 heavy (non-hydrogen) atoms. The number of amides is 4. The van der Waals surface area contributed by atoms with Gasteiger partial charge in [-0.25, -0.2) is 0 Å². The molecule has 2 aliphatic rings. The summed E-state index contributed by atoms with van der Waals surface area (Å²) in [6.45, 7) is 7.83. The van der Waals surface area contributed by atoms with E-state index in [4.69, 9.17) is 0 Å². The molecule has 0 aliphatic carbocycles. The molecule has 286 valence electrons. The van der Waals surface area contributed by atoms with Crippen molar-refractivity contribution in [2.45, 2.75) is 90.1 Å². The molecule has 2 heterocycles. The molecule has 10 nitrogen and oxygen atoms in total. The maximum absolute atomic E-state index is 13.0. The Kier molecular flexibility index (Phi) is 12.3. The summed E-state index contributed by atoms with van der Waals surface area (Å²) in [7, 11) is 0. The molecular weight excluding hydrogens is 681 g/mol. The lowest BCUT2D eigenvalue weighted by molar-refractivity contribution is -0.124. The van der Waals surface area contributed by atoms with Crippen LogP contribution in [0.3, 0.4) is 0 Å². The van der Waals surface area contributed by atoms with Crippen molar-refractivity contribution in [2.24, 2.45) is 23.7 Å². The SMILES string of the molecule is CC(C)[C@H]1C(=O)N[C@H](CO)[C@H]1c1ccc(NC(=O)CCCCCCC(=O)Nc2ccc([C@H]3[C@@H](C(C)C)C(=O)N[C@@H]3CO)c3ccccc23)c2ccccc12. The standard InChI is InChI=1S/C44H54N4O6/c1-25(2)39-41(35(23-49)47-43(39)53)31-19-21-33(29-15-11-9-13-27(29)31)45-37(51)17-7-5-6-8-18-38(52)46-34-22-20-32(28-14-10-12-16-30(28)34)42-36(24-50)48-44(54)40(42)26(3)4/h9-16,19-22,25-26,35-36,39-42,49-50H,5-8,17-18,23-24H2,1-4H3,(H,45,51)(H,46,52)(H,47,53)(H,48,54)/t35-,36-,39-,40-,41-,42-/m1/s1. The van der Waals surface area contributed by atoms with Crippen molar-refractivity contribution < 1.29 is 29.4 Å². The normalized spacial score (nSPS) is 22.6. The second kappa shape index (κ2) is 17.1. The third-order valence-corrected chi connectivity index (χ3v) is 11.5. The van der Waals surface area contributed by atoms with E-state index in [0.29, 0.717) is 25.7 Å². The number of carbonyl (C=O) groups is 4. The zero-order valence-electron chi connectivity index (χ0n) is 31.7. The highest BCUT2D eigenvalue weighted by Gasteiger charge is 2.46. The highest BCUT2D eigenvalue weighted by molar-refractivity contribution is 6.05. The summed E-state index contributed by atoms with van der Waals surface area (Å²) in [5.41, 5.74) is 3.42. The van der Waals surface area contributed by atoms with Crippen LogP contribution in [0.15, 0.2) is 72.8 Å². The van der Waals surface area contributed by atoms with Crippen LogP contribution < -0.4 is 21.3 Å². The Labute approximate surface area is 317 Å². The van der Waals surface area contributed by atoms with Gasteiger partial charge in [-0.15, -0.1) is 0 Å². The second-order valence-electron chi connectivity index (χ2n) is 15.7. The summed E-state index contributed by atoms with van der Waals surface area (Å²) in [6.07, 6.45) is 3.75. The Hall–Kier alpha value is -4.80. The van der Waals surface area contributed by atoms with Crippen LogP contribution in [-0.4, -0.2) is 59.1 Å². The van der Waals surface area contributed by atoms with E-state index in [0.717, 1.165) is 56.9 Å². The van der Waals surface area contributed by atoms with Crippen molar-refractivity contribution in [3.63, 3.8) is 0 Å². The average molecular weight is 735 g/mol. The number of nitrogens with one attached hydrogen (secondary N) is 4. The Balaban J connectivity index is 1.01. The smallest absolute Gasteiger partial charge is 0.224 e. The number of hydrogen-bond donors (Lipinski definition) is 6.